The van der Waals surface area contributed by atoms with Crippen molar-refractivity contribution in [3.63, 3.8) is 0 Å². The maximum Gasteiger partial charge on any atom is 0.244 e. The SMILES string of the molecule is CCN(CC)C(=O)Cn1ccc(C=O)n1. The fourth-order valence-electron chi connectivity index (χ4n) is 1.34. The maximum atomic E-state index is 11.6. The van der Waals surface area contributed by atoms with Crippen LogP contribution in [0.3, 0.4) is 0 Å². The standard InChI is InChI=1S/C10H15N3O2/c1-3-12(4-2)10(15)7-13-6-5-9(8-14)11-13/h5-6,8H,3-4,7H2,1-2H3. The molecular weight excluding hydrogens is 194 g/mol. The average Bonchev–Trinajstić information content (AvgIpc) is 2.67. The average molecular weight is 209 g/mol. The van der Waals surface area contributed by atoms with Gasteiger partial charge in [-0.1, -0.05) is 0 Å². The minimum absolute atomic E-state index is 0.0144. The van der Waals surface area contributed by atoms with E-state index in [-0.39, 0.29) is 12.5 Å². The van der Waals surface area contributed by atoms with Crippen molar-refractivity contribution in [3.05, 3.63) is 18.0 Å². The van der Waals surface area contributed by atoms with Crippen LogP contribution in [0.1, 0.15) is 24.3 Å². The van der Waals surface area contributed by atoms with Gasteiger partial charge in [-0.05, 0) is 19.9 Å². The van der Waals surface area contributed by atoms with Crippen LogP contribution in [0.2, 0.25) is 0 Å². The molecule has 1 rings (SSSR count). The molecule has 5 nitrogen and oxygen atoms in total. The third kappa shape index (κ3) is 2.90. The molecule has 0 unspecified atom stereocenters. The molecule has 1 aromatic rings. The van der Waals surface area contributed by atoms with Crippen molar-refractivity contribution in [2.75, 3.05) is 13.1 Å². The van der Waals surface area contributed by atoms with E-state index in [0.717, 1.165) is 0 Å². The fourth-order valence-corrected chi connectivity index (χ4v) is 1.34. The molecule has 15 heavy (non-hydrogen) atoms. The number of carbonyl (C=O) groups excluding carboxylic acids is 2. The smallest absolute Gasteiger partial charge is 0.244 e. The fraction of sp³-hybridized carbons (Fsp3) is 0.500. The lowest BCUT2D eigenvalue weighted by molar-refractivity contribution is -0.131. The molecule has 0 aliphatic heterocycles. The Balaban J connectivity index is 2.61. The normalized spacial score (nSPS) is 10.0. The second-order valence-corrected chi connectivity index (χ2v) is 3.12. The lowest BCUT2D eigenvalue weighted by Crippen LogP contribution is -2.33. The number of amides is 1. The molecular formula is C10H15N3O2. The van der Waals surface area contributed by atoms with E-state index in [0.29, 0.717) is 25.1 Å². The van der Waals surface area contributed by atoms with Gasteiger partial charge in [-0.15, -0.1) is 0 Å². The van der Waals surface area contributed by atoms with Crippen molar-refractivity contribution in [3.8, 4) is 0 Å². The number of aromatic nitrogens is 2. The van der Waals surface area contributed by atoms with Crippen LogP contribution in [0, 0.1) is 0 Å². The predicted octanol–water partition coefficient (Wildman–Crippen LogP) is 0.564. The Hall–Kier alpha value is -1.65. The van der Waals surface area contributed by atoms with E-state index in [1.807, 2.05) is 13.8 Å². The Kier molecular flexibility index (Phi) is 4.03. The largest absolute Gasteiger partial charge is 0.342 e. The highest BCUT2D eigenvalue weighted by Crippen LogP contribution is 1.95. The van der Waals surface area contributed by atoms with Gasteiger partial charge in [0.2, 0.25) is 5.91 Å². The molecule has 0 saturated heterocycles. The Morgan fingerprint density at radius 3 is 2.67 bits per heavy atom. The molecule has 1 aromatic heterocycles. The summed E-state index contributed by atoms with van der Waals surface area (Å²) < 4.78 is 1.48. The number of hydrogen-bond donors (Lipinski definition) is 0. The molecule has 0 saturated carbocycles. The van der Waals surface area contributed by atoms with Crippen molar-refractivity contribution in [1.82, 2.24) is 14.7 Å². The third-order valence-corrected chi connectivity index (χ3v) is 2.20. The first-order chi connectivity index (χ1) is 7.21. The molecule has 0 N–H and O–H groups in total. The Bertz CT molecular complexity index is 342. The zero-order valence-corrected chi connectivity index (χ0v) is 9.01. The summed E-state index contributed by atoms with van der Waals surface area (Å²) in [6, 6.07) is 1.59. The van der Waals surface area contributed by atoms with Crippen LogP contribution in [-0.4, -0.2) is 40.0 Å². The molecule has 0 bridgehead atoms. The zero-order chi connectivity index (χ0) is 11.3. The maximum absolute atomic E-state index is 11.6. The highest BCUT2D eigenvalue weighted by atomic mass is 16.2. The Labute approximate surface area is 88.7 Å². The van der Waals surface area contributed by atoms with E-state index in [1.54, 1.807) is 17.2 Å². The lowest BCUT2D eigenvalue weighted by Gasteiger charge is -2.18. The predicted molar refractivity (Wildman–Crippen MR) is 55.5 cm³/mol. The van der Waals surface area contributed by atoms with Gasteiger partial charge in [0.1, 0.15) is 12.2 Å². The minimum atomic E-state index is 0.0144. The summed E-state index contributed by atoms with van der Waals surface area (Å²) >= 11 is 0. The number of aldehydes is 1. The van der Waals surface area contributed by atoms with Crippen LogP contribution in [-0.2, 0) is 11.3 Å². The van der Waals surface area contributed by atoms with Crippen LogP contribution < -0.4 is 0 Å². The molecule has 5 heteroatoms. The molecule has 0 radical (unpaired) electrons. The molecule has 1 amide bonds. The van der Waals surface area contributed by atoms with Crippen molar-refractivity contribution in [1.29, 1.82) is 0 Å². The van der Waals surface area contributed by atoms with E-state index in [4.69, 9.17) is 0 Å². The molecule has 0 spiro atoms. The van der Waals surface area contributed by atoms with Gasteiger partial charge in [0.05, 0.1) is 0 Å². The summed E-state index contributed by atoms with van der Waals surface area (Å²) in [6.07, 6.45) is 2.30. The van der Waals surface area contributed by atoms with Crippen molar-refractivity contribution >= 4 is 12.2 Å². The van der Waals surface area contributed by atoms with Crippen molar-refractivity contribution in [2.24, 2.45) is 0 Å². The Morgan fingerprint density at radius 2 is 2.20 bits per heavy atom. The summed E-state index contributed by atoms with van der Waals surface area (Å²) in [5.41, 5.74) is 0.349. The van der Waals surface area contributed by atoms with E-state index in [9.17, 15) is 9.59 Å². The van der Waals surface area contributed by atoms with Gasteiger partial charge < -0.3 is 4.90 Å². The molecule has 1 heterocycles. The summed E-state index contributed by atoms with van der Waals surface area (Å²) in [5, 5.41) is 3.92. The monoisotopic (exact) mass is 209 g/mol. The lowest BCUT2D eigenvalue weighted by atomic mass is 10.4. The first-order valence-electron chi connectivity index (χ1n) is 4.97. The van der Waals surface area contributed by atoms with Crippen LogP contribution in [0.4, 0.5) is 0 Å². The molecule has 0 aliphatic carbocycles. The molecule has 0 aliphatic rings. The van der Waals surface area contributed by atoms with Gasteiger partial charge in [-0.3, -0.25) is 14.3 Å². The molecule has 0 aromatic carbocycles. The van der Waals surface area contributed by atoms with E-state index in [1.165, 1.54) is 4.68 Å². The molecule has 0 fully saturated rings. The third-order valence-electron chi connectivity index (χ3n) is 2.20. The number of carbonyl (C=O) groups is 2. The Morgan fingerprint density at radius 1 is 1.53 bits per heavy atom. The number of rotatable bonds is 5. The topological polar surface area (TPSA) is 55.2 Å². The first-order valence-corrected chi connectivity index (χ1v) is 4.97. The molecule has 82 valence electrons. The second kappa shape index (κ2) is 5.29. The van der Waals surface area contributed by atoms with E-state index >= 15 is 0 Å². The summed E-state index contributed by atoms with van der Waals surface area (Å²) in [7, 11) is 0. The van der Waals surface area contributed by atoms with Gasteiger partial charge in [-0.25, -0.2) is 0 Å². The van der Waals surface area contributed by atoms with Crippen molar-refractivity contribution in [2.45, 2.75) is 20.4 Å². The molecule has 0 atom stereocenters. The number of hydrogen-bond acceptors (Lipinski definition) is 3. The summed E-state index contributed by atoms with van der Waals surface area (Å²) in [5.74, 6) is 0.0144. The zero-order valence-electron chi connectivity index (χ0n) is 9.01. The quantitative estimate of drug-likeness (QED) is 0.666. The van der Waals surface area contributed by atoms with E-state index in [2.05, 4.69) is 5.10 Å². The first kappa shape index (κ1) is 11.4. The number of likely N-dealkylation sites (N-methyl/N-ethyl adjacent to an activating group) is 1. The van der Waals surface area contributed by atoms with Crippen LogP contribution in [0.25, 0.3) is 0 Å². The highest BCUT2D eigenvalue weighted by molar-refractivity contribution is 5.76. The van der Waals surface area contributed by atoms with E-state index < -0.39 is 0 Å². The van der Waals surface area contributed by atoms with Crippen molar-refractivity contribution < 1.29 is 9.59 Å². The summed E-state index contributed by atoms with van der Waals surface area (Å²) in [6.45, 7) is 5.44. The number of nitrogens with zero attached hydrogens (tertiary/aromatic N) is 3. The van der Waals surface area contributed by atoms with Gasteiger partial charge in [0.15, 0.2) is 6.29 Å². The minimum Gasteiger partial charge on any atom is -0.342 e. The van der Waals surface area contributed by atoms with Gasteiger partial charge in [0.25, 0.3) is 0 Å². The van der Waals surface area contributed by atoms with Gasteiger partial charge in [-0.2, -0.15) is 5.10 Å². The highest BCUT2D eigenvalue weighted by Gasteiger charge is 2.10. The van der Waals surface area contributed by atoms with Gasteiger partial charge >= 0.3 is 0 Å². The van der Waals surface area contributed by atoms with Gasteiger partial charge in [0, 0.05) is 19.3 Å². The van der Waals surface area contributed by atoms with Crippen LogP contribution in [0.15, 0.2) is 12.3 Å². The van der Waals surface area contributed by atoms with Crippen LogP contribution in [0.5, 0.6) is 0 Å². The summed E-state index contributed by atoms with van der Waals surface area (Å²) in [4.78, 5) is 23.8. The second-order valence-electron chi connectivity index (χ2n) is 3.12. The van der Waals surface area contributed by atoms with Crippen LogP contribution >= 0.6 is 0 Å².